The largest absolute Gasteiger partial charge is 0.493 e. The van der Waals surface area contributed by atoms with Gasteiger partial charge in [0.1, 0.15) is 5.69 Å². The highest BCUT2D eigenvalue weighted by molar-refractivity contribution is 7.15. The molecule has 3 aromatic heterocycles. The number of nitro groups is 1. The fourth-order valence-electron chi connectivity index (χ4n) is 2.75. The molecule has 1 aromatic carbocycles. The first kappa shape index (κ1) is 21.1. The van der Waals surface area contributed by atoms with Crippen LogP contribution in [-0.2, 0) is 0 Å². The lowest BCUT2D eigenvalue weighted by Gasteiger charge is -2.10. The summed E-state index contributed by atoms with van der Waals surface area (Å²) < 4.78 is 20.6. The summed E-state index contributed by atoms with van der Waals surface area (Å²) in [5.74, 6) is -0.306. The maximum atomic E-state index is 13.5. The SMILES string of the molecule is COc1cnc(Nc2ccc(F)c([N+](=O)[O-])c2)nc1-c1cnn2ccccc12.CP. The van der Waals surface area contributed by atoms with E-state index < -0.39 is 16.4 Å². The number of nitrogens with zero attached hydrogens (tertiary/aromatic N) is 5. The first-order valence-corrected chi connectivity index (χ1v) is 9.85. The number of nitro benzene ring substituents is 1. The minimum Gasteiger partial charge on any atom is -0.493 e. The summed E-state index contributed by atoms with van der Waals surface area (Å²) in [5.41, 5.74) is 1.69. The summed E-state index contributed by atoms with van der Waals surface area (Å²) >= 11 is 0. The zero-order chi connectivity index (χ0) is 21.7. The Morgan fingerprint density at radius 3 is 2.77 bits per heavy atom. The predicted molar refractivity (Wildman–Crippen MR) is 115 cm³/mol. The van der Waals surface area contributed by atoms with Crippen molar-refractivity contribution >= 4 is 32.1 Å². The van der Waals surface area contributed by atoms with Crippen molar-refractivity contribution in [2.45, 2.75) is 0 Å². The Kier molecular flexibility index (Phi) is 6.48. The molecule has 4 rings (SSSR count). The number of halogens is 1. The van der Waals surface area contributed by atoms with Crippen LogP contribution in [0.4, 0.5) is 21.7 Å². The molecule has 3 heterocycles. The molecule has 11 heteroatoms. The van der Waals surface area contributed by atoms with Gasteiger partial charge in [0, 0.05) is 18.0 Å². The molecule has 0 aliphatic carbocycles. The normalized spacial score (nSPS) is 10.3. The van der Waals surface area contributed by atoms with Crippen LogP contribution in [0.2, 0.25) is 0 Å². The first-order chi connectivity index (χ1) is 14.6. The Morgan fingerprint density at radius 1 is 1.23 bits per heavy atom. The molecule has 0 fully saturated rings. The maximum absolute atomic E-state index is 13.5. The molecule has 1 unspecified atom stereocenters. The fraction of sp³-hybridized carbons (Fsp3) is 0.105. The molecule has 0 bridgehead atoms. The van der Waals surface area contributed by atoms with E-state index in [4.69, 9.17) is 4.74 Å². The van der Waals surface area contributed by atoms with Crippen molar-refractivity contribution in [1.29, 1.82) is 0 Å². The first-order valence-electron chi connectivity index (χ1n) is 8.69. The van der Waals surface area contributed by atoms with Crippen LogP contribution in [0.25, 0.3) is 16.8 Å². The van der Waals surface area contributed by atoms with Crippen LogP contribution in [0.1, 0.15) is 0 Å². The van der Waals surface area contributed by atoms with Gasteiger partial charge >= 0.3 is 5.69 Å². The lowest BCUT2D eigenvalue weighted by atomic mass is 10.2. The number of anilines is 2. The molecule has 0 saturated carbocycles. The average Bonchev–Trinajstić information content (AvgIpc) is 3.20. The second-order valence-electron chi connectivity index (χ2n) is 5.75. The third-order valence-corrected chi connectivity index (χ3v) is 4.06. The summed E-state index contributed by atoms with van der Waals surface area (Å²) in [6.07, 6.45) is 4.95. The molecule has 0 amide bonds. The van der Waals surface area contributed by atoms with E-state index in [1.54, 1.807) is 10.7 Å². The molecule has 0 spiro atoms. The van der Waals surface area contributed by atoms with Crippen LogP contribution in [0.5, 0.6) is 5.75 Å². The highest BCUT2D eigenvalue weighted by Crippen LogP contribution is 2.32. The smallest absolute Gasteiger partial charge is 0.306 e. The monoisotopic (exact) mass is 428 g/mol. The van der Waals surface area contributed by atoms with Gasteiger partial charge in [-0.25, -0.2) is 14.5 Å². The van der Waals surface area contributed by atoms with Gasteiger partial charge in [0.05, 0.1) is 35.5 Å². The third kappa shape index (κ3) is 4.18. The Morgan fingerprint density at radius 2 is 2.03 bits per heavy atom. The second-order valence-corrected chi connectivity index (χ2v) is 5.75. The molecule has 0 saturated heterocycles. The van der Waals surface area contributed by atoms with Gasteiger partial charge < -0.3 is 10.1 Å². The second kappa shape index (κ2) is 9.23. The third-order valence-electron chi connectivity index (χ3n) is 4.06. The molecule has 154 valence electrons. The number of methoxy groups -OCH3 is 1. The Hall–Kier alpha value is -3.65. The van der Waals surface area contributed by atoms with E-state index in [0.29, 0.717) is 11.4 Å². The van der Waals surface area contributed by atoms with Gasteiger partial charge in [-0.15, -0.1) is 9.24 Å². The Balaban J connectivity index is 0.00000124. The summed E-state index contributed by atoms with van der Waals surface area (Å²) in [7, 11) is 3.92. The van der Waals surface area contributed by atoms with Gasteiger partial charge in [-0.3, -0.25) is 10.1 Å². The van der Waals surface area contributed by atoms with Gasteiger partial charge in [0.2, 0.25) is 11.8 Å². The number of ether oxygens (including phenoxy) is 1. The van der Waals surface area contributed by atoms with Crippen molar-refractivity contribution in [3.05, 3.63) is 70.9 Å². The van der Waals surface area contributed by atoms with E-state index in [9.17, 15) is 14.5 Å². The van der Waals surface area contributed by atoms with Crippen molar-refractivity contribution in [1.82, 2.24) is 19.6 Å². The topological polar surface area (TPSA) is 107 Å². The summed E-state index contributed by atoms with van der Waals surface area (Å²) in [6, 6.07) is 9.08. The molecule has 0 aliphatic rings. The predicted octanol–water partition coefficient (Wildman–Crippen LogP) is 4.08. The number of benzene rings is 1. The van der Waals surface area contributed by atoms with Crippen LogP contribution in [0.3, 0.4) is 0 Å². The number of hydrogen-bond donors (Lipinski definition) is 1. The van der Waals surface area contributed by atoms with Gasteiger partial charge in [0.15, 0.2) is 5.75 Å². The van der Waals surface area contributed by atoms with Gasteiger partial charge in [-0.05, 0) is 24.3 Å². The molecule has 1 N–H and O–H groups in total. The Bertz CT molecular complexity index is 1200. The molecular weight excluding hydrogens is 410 g/mol. The molecule has 30 heavy (non-hydrogen) atoms. The quantitative estimate of drug-likeness (QED) is 0.290. The highest BCUT2D eigenvalue weighted by atomic mass is 31.0. The molecular formula is C19H18FN6O3P. The van der Waals surface area contributed by atoms with Crippen molar-refractivity contribution in [3.63, 3.8) is 0 Å². The molecule has 1 atom stereocenters. The molecule has 9 nitrogen and oxygen atoms in total. The lowest BCUT2D eigenvalue weighted by Crippen LogP contribution is -2.01. The number of hydrogen-bond acceptors (Lipinski definition) is 7. The van der Waals surface area contributed by atoms with E-state index in [1.165, 1.54) is 19.4 Å². The number of rotatable bonds is 5. The molecule has 0 aliphatic heterocycles. The van der Waals surface area contributed by atoms with Crippen LogP contribution < -0.4 is 10.1 Å². The van der Waals surface area contributed by atoms with E-state index >= 15 is 0 Å². The van der Waals surface area contributed by atoms with Gasteiger partial charge in [-0.1, -0.05) is 12.7 Å². The van der Waals surface area contributed by atoms with Gasteiger partial charge in [0.25, 0.3) is 0 Å². The number of pyridine rings is 1. The van der Waals surface area contributed by atoms with Crippen molar-refractivity contribution in [2.24, 2.45) is 0 Å². The minimum atomic E-state index is -0.918. The average molecular weight is 428 g/mol. The summed E-state index contributed by atoms with van der Waals surface area (Å²) in [5, 5.41) is 18.1. The van der Waals surface area contributed by atoms with Crippen molar-refractivity contribution in [2.75, 3.05) is 19.1 Å². The van der Waals surface area contributed by atoms with Crippen LogP contribution in [0, 0.1) is 15.9 Å². The maximum Gasteiger partial charge on any atom is 0.306 e. The van der Waals surface area contributed by atoms with Crippen LogP contribution >= 0.6 is 9.24 Å². The highest BCUT2D eigenvalue weighted by Gasteiger charge is 2.17. The summed E-state index contributed by atoms with van der Waals surface area (Å²) in [6.45, 7) is 1.92. The molecule has 0 radical (unpaired) electrons. The zero-order valence-electron chi connectivity index (χ0n) is 16.1. The van der Waals surface area contributed by atoms with Crippen molar-refractivity contribution in [3.8, 4) is 17.0 Å². The Labute approximate surface area is 173 Å². The van der Waals surface area contributed by atoms with E-state index in [1.807, 2.05) is 31.1 Å². The van der Waals surface area contributed by atoms with Gasteiger partial charge in [-0.2, -0.15) is 9.49 Å². The number of aromatic nitrogens is 4. The standard InChI is InChI=1S/C18H13FN6O3.CH5P/c1-28-16-10-20-18(22-11-5-6-13(19)15(8-11)25(26)27)23-17(16)12-9-21-24-7-3-2-4-14(12)24;1-2/h2-10H,1H3,(H,20,22,23);2H2,1H3. The molecule has 4 aromatic rings. The van der Waals surface area contributed by atoms with E-state index in [2.05, 4.69) is 29.6 Å². The van der Waals surface area contributed by atoms with Crippen LogP contribution in [-0.4, -0.2) is 38.3 Å². The summed E-state index contributed by atoms with van der Waals surface area (Å²) in [4.78, 5) is 18.8. The lowest BCUT2D eigenvalue weighted by molar-refractivity contribution is -0.387. The van der Waals surface area contributed by atoms with Crippen molar-refractivity contribution < 1.29 is 14.1 Å². The minimum absolute atomic E-state index is 0.173. The zero-order valence-corrected chi connectivity index (χ0v) is 17.3. The van der Waals surface area contributed by atoms with E-state index in [-0.39, 0.29) is 11.6 Å². The number of nitrogens with one attached hydrogen (secondary N) is 1. The number of fused-ring (bicyclic) bond motifs is 1. The van der Waals surface area contributed by atoms with E-state index in [0.717, 1.165) is 23.2 Å². The fourth-order valence-corrected chi connectivity index (χ4v) is 2.75. The van der Waals surface area contributed by atoms with Crippen LogP contribution in [0.15, 0.2) is 55.0 Å².